The summed E-state index contributed by atoms with van der Waals surface area (Å²) in [5, 5.41) is 8.40. The summed E-state index contributed by atoms with van der Waals surface area (Å²) in [4.78, 5) is 27.2. The molecule has 0 aliphatic rings. The molecule has 2 N–H and O–H groups in total. The van der Waals surface area contributed by atoms with Crippen molar-refractivity contribution in [2.75, 3.05) is 0 Å². The first-order valence-electron chi connectivity index (χ1n) is 3.86. The van der Waals surface area contributed by atoms with Gasteiger partial charge in [-0.1, -0.05) is 0 Å². The fraction of sp³-hybridized carbons (Fsp3) is 0.375. The molecule has 0 aliphatic carbocycles. The molecule has 1 aromatic rings. The first-order chi connectivity index (χ1) is 6.08. The third-order valence-electron chi connectivity index (χ3n) is 1.53. The number of hydrogen-bond donors (Lipinski definition) is 2. The van der Waals surface area contributed by atoms with E-state index in [0.29, 0.717) is 17.8 Å². The summed E-state index contributed by atoms with van der Waals surface area (Å²) in [6.07, 6.45) is 0.288. The van der Waals surface area contributed by atoms with E-state index in [1.807, 2.05) is 0 Å². The minimum Gasteiger partial charge on any atom is -0.481 e. The van der Waals surface area contributed by atoms with Crippen molar-refractivity contribution in [2.24, 2.45) is 0 Å². The number of H-pyrrole nitrogens is 1. The third kappa shape index (κ3) is 3.06. The highest BCUT2D eigenvalue weighted by Crippen LogP contribution is 1.98. The predicted molar refractivity (Wildman–Crippen MR) is 45.6 cm³/mol. The highest BCUT2D eigenvalue weighted by Gasteiger charge is 2.01. The highest BCUT2D eigenvalue weighted by atomic mass is 16.4. The average molecular weight is 182 g/mol. The molecule has 0 saturated carbocycles. The number of aliphatic carboxylic acids is 1. The van der Waals surface area contributed by atoms with E-state index >= 15 is 0 Å². The van der Waals surface area contributed by atoms with Crippen LogP contribution in [0.5, 0.6) is 0 Å². The second-order valence-corrected chi connectivity index (χ2v) is 2.75. The Morgan fingerprint density at radius 1 is 1.69 bits per heavy atom. The van der Waals surface area contributed by atoms with Gasteiger partial charge < -0.3 is 10.1 Å². The molecule has 0 aromatic carbocycles. The van der Waals surface area contributed by atoms with Crippen molar-refractivity contribution in [1.82, 2.24) is 9.97 Å². The lowest BCUT2D eigenvalue weighted by Gasteiger charge is -1.97. The zero-order valence-corrected chi connectivity index (χ0v) is 7.20. The normalized spacial score (nSPS) is 9.92. The van der Waals surface area contributed by atoms with E-state index in [9.17, 15) is 9.59 Å². The number of nitrogens with one attached hydrogen (secondary N) is 1. The monoisotopic (exact) mass is 182 g/mol. The van der Waals surface area contributed by atoms with Gasteiger partial charge in [0.25, 0.3) is 0 Å². The number of nitrogens with zero attached hydrogens (tertiary/aromatic N) is 1. The minimum atomic E-state index is -0.889. The smallest absolute Gasteiger partial charge is 0.345 e. The maximum Gasteiger partial charge on any atom is 0.345 e. The van der Waals surface area contributed by atoms with Gasteiger partial charge in [-0.05, 0) is 13.0 Å². The third-order valence-corrected chi connectivity index (χ3v) is 1.53. The average Bonchev–Trinajstić information content (AvgIpc) is 1.99. The molecule has 13 heavy (non-hydrogen) atoms. The van der Waals surface area contributed by atoms with Gasteiger partial charge in [-0.2, -0.15) is 4.98 Å². The van der Waals surface area contributed by atoms with Crippen LogP contribution in [0, 0.1) is 6.92 Å². The molecule has 0 spiro atoms. The predicted octanol–water partition coefficient (Wildman–Crippen LogP) is 0.0955. The number of aromatic nitrogens is 2. The number of rotatable bonds is 3. The van der Waals surface area contributed by atoms with Crippen LogP contribution in [0.4, 0.5) is 0 Å². The van der Waals surface area contributed by atoms with Gasteiger partial charge in [0.15, 0.2) is 0 Å². The Labute approximate surface area is 74.4 Å². The van der Waals surface area contributed by atoms with Crippen molar-refractivity contribution in [1.29, 1.82) is 0 Å². The summed E-state index contributed by atoms with van der Waals surface area (Å²) < 4.78 is 0. The molecule has 0 atom stereocenters. The van der Waals surface area contributed by atoms with E-state index < -0.39 is 11.7 Å². The van der Waals surface area contributed by atoms with Crippen LogP contribution in [-0.2, 0) is 11.2 Å². The maximum absolute atomic E-state index is 10.8. The maximum atomic E-state index is 10.8. The van der Waals surface area contributed by atoms with Gasteiger partial charge in [0.05, 0.1) is 6.42 Å². The Morgan fingerprint density at radius 3 is 2.92 bits per heavy atom. The van der Waals surface area contributed by atoms with E-state index in [1.54, 1.807) is 13.0 Å². The number of aryl methyl sites for hydroxylation is 2. The van der Waals surface area contributed by atoms with Crippen molar-refractivity contribution in [3.8, 4) is 0 Å². The summed E-state index contributed by atoms with van der Waals surface area (Å²) in [5.41, 5.74) is 0.782. The lowest BCUT2D eigenvalue weighted by molar-refractivity contribution is -0.136. The molecule has 0 radical (unpaired) electrons. The molecule has 0 amide bonds. The van der Waals surface area contributed by atoms with Crippen molar-refractivity contribution < 1.29 is 9.90 Å². The molecule has 70 valence electrons. The number of carboxylic acids is 1. The quantitative estimate of drug-likeness (QED) is 0.694. The molecule has 5 nitrogen and oxygen atoms in total. The van der Waals surface area contributed by atoms with Crippen LogP contribution in [0.1, 0.15) is 17.8 Å². The fourth-order valence-electron chi connectivity index (χ4n) is 1.01. The fourth-order valence-corrected chi connectivity index (χ4v) is 1.01. The topological polar surface area (TPSA) is 83.0 Å². The molecule has 0 fully saturated rings. The largest absolute Gasteiger partial charge is 0.481 e. The van der Waals surface area contributed by atoms with E-state index in [0.717, 1.165) is 0 Å². The van der Waals surface area contributed by atoms with Crippen molar-refractivity contribution in [3.63, 3.8) is 0 Å². The van der Waals surface area contributed by atoms with Gasteiger partial charge in [0.1, 0.15) is 0 Å². The molecule has 0 unspecified atom stereocenters. The second kappa shape index (κ2) is 3.84. The van der Waals surface area contributed by atoms with E-state index in [4.69, 9.17) is 5.11 Å². The Kier molecular flexibility index (Phi) is 2.79. The summed E-state index contributed by atoms with van der Waals surface area (Å²) in [7, 11) is 0. The standard InChI is InChI=1S/C8H10N2O3/c1-5-4-6(2-3-7(11)12)10-8(13)9-5/h4H,2-3H2,1H3,(H,11,12)(H,9,10,13). The van der Waals surface area contributed by atoms with Crippen LogP contribution in [-0.4, -0.2) is 21.0 Å². The Morgan fingerprint density at radius 2 is 2.38 bits per heavy atom. The summed E-state index contributed by atoms with van der Waals surface area (Å²) in [6, 6.07) is 1.67. The van der Waals surface area contributed by atoms with Crippen LogP contribution in [0.3, 0.4) is 0 Å². The molecule has 1 aromatic heterocycles. The molecular formula is C8H10N2O3. The number of carboxylic acid groups (broad SMARTS) is 1. The SMILES string of the molecule is Cc1cc(CCC(=O)O)nc(=O)[nH]1. The van der Waals surface area contributed by atoms with Crippen LogP contribution >= 0.6 is 0 Å². The molecule has 1 rings (SSSR count). The van der Waals surface area contributed by atoms with Gasteiger partial charge in [-0.25, -0.2) is 4.79 Å². The summed E-state index contributed by atoms with van der Waals surface area (Å²) in [6.45, 7) is 1.73. The number of hydrogen-bond acceptors (Lipinski definition) is 3. The summed E-state index contributed by atoms with van der Waals surface area (Å²) >= 11 is 0. The molecule has 0 saturated heterocycles. The van der Waals surface area contributed by atoms with Crippen LogP contribution < -0.4 is 5.69 Å². The van der Waals surface area contributed by atoms with Crippen molar-refractivity contribution >= 4 is 5.97 Å². The van der Waals surface area contributed by atoms with Crippen molar-refractivity contribution in [2.45, 2.75) is 19.8 Å². The molecule has 0 bridgehead atoms. The minimum absolute atomic E-state index is 0.00407. The lowest BCUT2D eigenvalue weighted by Crippen LogP contribution is -2.14. The molecule has 0 aliphatic heterocycles. The van der Waals surface area contributed by atoms with Crippen LogP contribution in [0.25, 0.3) is 0 Å². The summed E-state index contributed by atoms with van der Waals surface area (Å²) in [5.74, 6) is -0.889. The first kappa shape index (κ1) is 9.44. The molecule has 5 heteroatoms. The highest BCUT2D eigenvalue weighted by molar-refractivity contribution is 5.66. The van der Waals surface area contributed by atoms with Crippen molar-refractivity contribution in [3.05, 3.63) is 27.9 Å². The van der Waals surface area contributed by atoms with E-state index in [-0.39, 0.29) is 6.42 Å². The number of aromatic amines is 1. The Balaban J connectivity index is 2.77. The van der Waals surface area contributed by atoms with E-state index in [1.165, 1.54) is 0 Å². The van der Waals surface area contributed by atoms with Crippen LogP contribution in [0.15, 0.2) is 10.9 Å². The number of carbonyl (C=O) groups is 1. The van der Waals surface area contributed by atoms with Gasteiger partial charge >= 0.3 is 11.7 Å². The zero-order valence-electron chi connectivity index (χ0n) is 7.20. The van der Waals surface area contributed by atoms with Gasteiger partial charge in [-0.15, -0.1) is 0 Å². The van der Waals surface area contributed by atoms with Crippen LogP contribution in [0.2, 0.25) is 0 Å². The first-order valence-corrected chi connectivity index (χ1v) is 3.86. The van der Waals surface area contributed by atoms with Gasteiger partial charge in [0.2, 0.25) is 0 Å². The molecular weight excluding hydrogens is 172 g/mol. The lowest BCUT2D eigenvalue weighted by atomic mass is 10.2. The van der Waals surface area contributed by atoms with Gasteiger partial charge in [-0.3, -0.25) is 4.79 Å². The second-order valence-electron chi connectivity index (χ2n) is 2.75. The molecule has 1 heterocycles. The van der Waals surface area contributed by atoms with Gasteiger partial charge in [0, 0.05) is 17.8 Å². The Hall–Kier alpha value is -1.65. The van der Waals surface area contributed by atoms with E-state index in [2.05, 4.69) is 9.97 Å². The Bertz CT molecular complexity index is 370. The zero-order chi connectivity index (χ0) is 9.84.